The van der Waals surface area contributed by atoms with Gasteiger partial charge in [-0.05, 0) is 29.7 Å². The molecule has 0 fully saturated rings. The number of fused-ring (bicyclic) bond motifs is 1. The molecular weight excluding hydrogens is 249 g/mol. The Bertz CT molecular complexity index is 314. The van der Waals surface area contributed by atoms with E-state index in [1.165, 1.54) is 11.1 Å². The van der Waals surface area contributed by atoms with Crippen molar-refractivity contribution in [2.45, 2.75) is 19.0 Å². The topological polar surface area (TPSA) is 12.0 Å². The van der Waals surface area contributed by atoms with Crippen molar-refractivity contribution >= 4 is 27.5 Å². The van der Waals surface area contributed by atoms with Gasteiger partial charge in [0.15, 0.2) is 0 Å². The summed E-state index contributed by atoms with van der Waals surface area (Å²) in [7, 11) is 0. The molecule has 0 saturated heterocycles. The molecule has 0 bridgehead atoms. The lowest BCUT2D eigenvalue weighted by molar-refractivity contribution is 0.522. The van der Waals surface area contributed by atoms with Crippen LogP contribution in [-0.2, 0) is 13.0 Å². The molecule has 1 nitrogen and oxygen atoms in total. The predicted molar refractivity (Wildman–Crippen MR) is 59.6 cm³/mol. The molecule has 1 heterocycles. The van der Waals surface area contributed by atoms with Gasteiger partial charge in [0.25, 0.3) is 0 Å². The first-order valence-electron chi connectivity index (χ1n) is 4.36. The highest BCUT2D eigenvalue weighted by molar-refractivity contribution is 9.09. The Labute approximate surface area is 91.6 Å². The molecule has 70 valence electrons. The molecule has 1 aromatic carbocycles. The molecule has 0 radical (unpaired) electrons. The molecule has 0 aromatic heterocycles. The maximum Gasteiger partial charge on any atom is 0.0408 e. The molecule has 0 aliphatic carbocycles. The third-order valence-electron chi connectivity index (χ3n) is 2.40. The number of hydrogen-bond donors (Lipinski definition) is 1. The zero-order valence-corrected chi connectivity index (χ0v) is 9.53. The zero-order valence-electron chi connectivity index (χ0n) is 7.19. The summed E-state index contributed by atoms with van der Waals surface area (Å²) >= 11 is 9.42. The van der Waals surface area contributed by atoms with Gasteiger partial charge in [0, 0.05) is 22.9 Å². The van der Waals surface area contributed by atoms with Crippen LogP contribution in [0.1, 0.15) is 11.1 Å². The normalized spacial score (nSPS) is 21.2. The summed E-state index contributed by atoms with van der Waals surface area (Å²) in [5.74, 6) is 0. The van der Waals surface area contributed by atoms with Gasteiger partial charge in [-0.25, -0.2) is 0 Å². The maximum absolute atomic E-state index is 5.94. The molecule has 3 heteroatoms. The molecule has 1 aliphatic heterocycles. The number of nitrogens with one attached hydrogen (secondary N) is 1. The minimum absolute atomic E-state index is 0.547. The van der Waals surface area contributed by atoms with Gasteiger partial charge < -0.3 is 5.32 Å². The lowest BCUT2D eigenvalue weighted by Crippen LogP contribution is -2.36. The van der Waals surface area contributed by atoms with E-state index < -0.39 is 0 Å². The number of hydrogen-bond acceptors (Lipinski definition) is 1. The van der Waals surface area contributed by atoms with Gasteiger partial charge in [0.1, 0.15) is 0 Å². The van der Waals surface area contributed by atoms with Gasteiger partial charge in [0.05, 0.1) is 0 Å². The second-order valence-electron chi connectivity index (χ2n) is 3.35. The van der Waals surface area contributed by atoms with Crippen molar-refractivity contribution in [1.82, 2.24) is 5.32 Å². The summed E-state index contributed by atoms with van der Waals surface area (Å²) in [4.78, 5) is 0. The third kappa shape index (κ3) is 2.06. The standard InChI is InChI=1S/C10H11BrClN/c11-5-10-4-8-3-9(12)2-1-7(8)6-13-10/h1-3,10,13H,4-6H2. The molecule has 13 heavy (non-hydrogen) atoms. The van der Waals surface area contributed by atoms with Crippen molar-refractivity contribution in [2.24, 2.45) is 0 Å². The summed E-state index contributed by atoms with van der Waals surface area (Å²) in [5.41, 5.74) is 2.76. The van der Waals surface area contributed by atoms with Crippen molar-refractivity contribution < 1.29 is 0 Å². The lowest BCUT2D eigenvalue weighted by atomic mass is 9.97. The van der Waals surface area contributed by atoms with Crippen molar-refractivity contribution in [3.63, 3.8) is 0 Å². The minimum atomic E-state index is 0.547. The molecular formula is C10H11BrClN. The first-order valence-corrected chi connectivity index (χ1v) is 5.86. The summed E-state index contributed by atoms with van der Waals surface area (Å²) in [6.07, 6.45) is 1.07. The van der Waals surface area contributed by atoms with E-state index in [1.54, 1.807) is 0 Å². The van der Waals surface area contributed by atoms with E-state index in [4.69, 9.17) is 11.6 Å². The number of alkyl halides is 1. The Kier molecular flexibility index (Phi) is 2.92. The van der Waals surface area contributed by atoms with E-state index in [-0.39, 0.29) is 0 Å². The monoisotopic (exact) mass is 259 g/mol. The Balaban J connectivity index is 2.27. The maximum atomic E-state index is 5.94. The molecule has 1 aliphatic rings. The predicted octanol–water partition coefficient (Wildman–Crippen LogP) is 2.75. The molecule has 1 N–H and O–H groups in total. The highest BCUT2D eigenvalue weighted by Crippen LogP contribution is 2.21. The van der Waals surface area contributed by atoms with Crippen LogP contribution in [0.3, 0.4) is 0 Å². The summed E-state index contributed by atoms with van der Waals surface area (Å²) in [6, 6.07) is 6.69. The average molecular weight is 261 g/mol. The number of rotatable bonds is 1. The zero-order chi connectivity index (χ0) is 9.26. The fourth-order valence-electron chi connectivity index (χ4n) is 1.66. The van der Waals surface area contributed by atoms with E-state index in [0.29, 0.717) is 6.04 Å². The molecule has 1 atom stereocenters. The Morgan fingerprint density at radius 3 is 3.08 bits per heavy atom. The van der Waals surface area contributed by atoms with Gasteiger partial charge in [0.2, 0.25) is 0 Å². The van der Waals surface area contributed by atoms with E-state index >= 15 is 0 Å². The van der Waals surface area contributed by atoms with E-state index in [2.05, 4.69) is 33.4 Å². The SMILES string of the molecule is Clc1ccc2c(c1)CC(CBr)NC2. The fourth-order valence-corrected chi connectivity index (χ4v) is 2.31. The van der Waals surface area contributed by atoms with Crippen LogP contribution in [0.25, 0.3) is 0 Å². The number of benzene rings is 1. The Hall–Kier alpha value is -0.0500. The van der Waals surface area contributed by atoms with Crippen molar-refractivity contribution in [3.05, 3.63) is 34.3 Å². The van der Waals surface area contributed by atoms with Gasteiger partial charge >= 0.3 is 0 Å². The summed E-state index contributed by atoms with van der Waals surface area (Å²) in [6.45, 7) is 0.961. The van der Waals surface area contributed by atoms with Crippen LogP contribution < -0.4 is 5.32 Å². The van der Waals surface area contributed by atoms with Crippen LogP contribution in [0.2, 0.25) is 5.02 Å². The summed E-state index contributed by atoms with van der Waals surface area (Å²) in [5, 5.41) is 5.30. The van der Waals surface area contributed by atoms with Crippen molar-refractivity contribution in [2.75, 3.05) is 5.33 Å². The first-order chi connectivity index (χ1) is 6.29. The number of halogens is 2. The van der Waals surface area contributed by atoms with Gasteiger partial charge in [-0.3, -0.25) is 0 Å². The van der Waals surface area contributed by atoms with E-state index in [1.807, 2.05) is 6.07 Å². The lowest BCUT2D eigenvalue weighted by Gasteiger charge is -2.24. The van der Waals surface area contributed by atoms with E-state index in [9.17, 15) is 0 Å². The van der Waals surface area contributed by atoms with Crippen LogP contribution in [0.4, 0.5) is 0 Å². The largest absolute Gasteiger partial charge is 0.309 e. The second-order valence-corrected chi connectivity index (χ2v) is 4.43. The van der Waals surface area contributed by atoms with Crippen LogP contribution in [0.15, 0.2) is 18.2 Å². The van der Waals surface area contributed by atoms with Gasteiger partial charge in [-0.15, -0.1) is 0 Å². The average Bonchev–Trinajstić information content (AvgIpc) is 2.16. The van der Waals surface area contributed by atoms with Crippen molar-refractivity contribution in [1.29, 1.82) is 0 Å². The molecule has 1 unspecified atom stereocenters. The molecule has 0 saturated carbocycles. The molecule has 1 aromatic rings. The second kappa shape index (κ2) is 3.99. The van der Waals surface area contributed by atoms with Crippen LogP contribution >= 0.6 is 27.5 Å². The molecule has 0 spiro atoms. The van der Waals surface area contributed by atoms with Gasteiger partial charge in [-0.1, -0.05) is 33.6 Å². The van der Waals surface area contributed by atoms with E-state index in [0.717, 1.165) is 23.3 Å². The minimum Gasteiger partial charge on any atom is -0.309 e. The molecule has 0 amide bonds. The highest BCUT2D eigenvalue weighted by Gasteiger charge is 2.16. The summed E-state index contributed by atoms with van der Waals surface area (Å²) < 4.78 is 0. The quantitative estimate of drug-likeness (QED) is 0.766. The Morgan fingerprint density at radius 1 is 1.46 bits per heavy atom. The van der Waals surface area contributed by atoms with Gasteiger partial charge in [-0.2, -0.15) is 0 Å². The Morgan fingerprint density at radius 2 is 2.31 bits per heavy atom. The van der Waals surface area contributed by atoms with Crippen molar-refractivity contribution in [3.8, 4) is 0 Å². The highest BCUT2D eigenvalue weighted by atomic mass is 79.9. The third-order valence-corrected chi connectivity index (χ3v) is 3.42. The van der Waals surface area contributed by atoms with Crippen LogP contribution in [0.5, 0.6) is 0 Å². The smallest absolute Gasteiger partial charge is 0.0408 e. The fraction of sp³-hybridized carbons (Fsp3) is 0.400. The first kappa shape index (κ1) is 9.50. The van der Waals surface area contributed by atoms with Crippen LogP contribution in [0, 0.1) is 0 Å². The molecule has 2 rings (SSSR count). The van der Waals surface area contributed by atoms with Crippen LogP contribution in [-0.4, -0.2) is 11.4 Å².